The fourth-order valence-electron chi connectivity index (χ4n) is 4.90. The van der Waals surface area contributed by atoms with Crippen molar-refractivity contribution < 1.29 is 9.53 Å². The van der Waals surface area contributed by atoms with Gasteiger partial charge in [-0.3, -0.25) is 4.79 Å². The number of carbonyl (C=O) groups is 1. The fraction of sp³-hybridized carbons (Fsp3) is 0.632. The molecule has 4 nitrogen and oxygen atoms in total. The molecule has 1 aromatic rings. The van der Waals surface area contributed by atoms with Crippen LogP contribution in [-0.4, -0.2) is 52.8 Å². The largest absolute Gasteiger partial charge is 0.497 e. The zero-order valence-electron chi connectivity index (χ0n) is 15.1. The molecule has 142 valence electrons. The van der Waals surface area contributed by atoms with Crippen LogP contribution in [0, 0.1) is 0 Å². The van der Waals surface area contributed by atoms with Crippen LogP contribution in [0.5, 0.6) is 5.75 Å². The molecular weight excluding hydrogens is 395 g/mol. The molecule has 7 heteroatoms. The minimum Gasteiger partial charge on any atom is -0.497 e. The summed E-state index contributed by atoms with van der Waals surface area (Å²) >= 11 is 20.3. The van der Waals surface area contributed by atoms with Gasteiger partial charge in [-0.05, 0) is 50.5 Å². The van der Waals surface area contributed by atoms with Crippen molar-refractivity contribution in [2.24, 2.45) is 0 Å². The molecule has 1 aromatic carbocycles. The predicted molar refractivity (Wildman–Crippen MR) is 106 cm³/mol. The quantitative estimate of drug-likeness (QED) is 0.683. The monoisotopic (exact) mass is 416 g/mol. The van der Waals surface area contributed by atoms with Gasteiger partial charge in [-0.2, -0.15) is 0 Å². The number of likely N-dealkylation sites (tertiary alicyclic amines) is 1. The molecule has 0 saturated carbocycles. The predicted octanol–water partition coefficient (Wildman–Crippen LogP) is 3.95. The van der Waals surface area contributed by atoms with Crippen LogP contribution < -0.4 is 9.64 Å². The number of amides is 1. The average Bonchev–Trinajstić information content (AvgIpc) is 2.99. The van der Waals surface area contributed by atoms with E-state index in [9.17, 15) is 4.79 Å². The lowest BCUT2D eigenvalue weighted by molar-refractivity contribution is -0.129. The molecule has 3 unspecified atom stereocenters. The summed E-state index contributed by atoms with van der Waals surface area (Å²) in [6.07, 6.45) is 1.65. The molecule has 3 heterocycles. The Hall–Kier alpha value is -0.840. The first-order valence-corrected chi connectivity index (χ1v) is 10.2. The molecular formula is C19H23Cl3N2O2. The number of anilines is 1. The van der Waals surface area contributed by atoms with Gasteiger partial charge in [-0.25, -0.2) is 0 Å². The lowest BCUT2D eigenvalue weighted by Crippen LogP contribution is -2.57. The van der Waals surface area contributed by atoms with Crippen LogP contribution in [-0.2, 0) is 10.2 Å². The summed E-state index contributed by atoms with van der Waals surface area (Å²) < 4.78 is 3.92. The fourth-order valence-corrected chi connectivity index (χ4v) is 5.96. The van der Waals surface area contributed by atoms with Gasteiger partial charge in [-0.15, -0.1) is 11.6 Å². The van der Waals surface area contributed by atoms with E-state index < -0.39 is 9.75 Å². The van der Waals surface area contributed by atoms with Crippen molar-refractivity contribution in [2.45, 2.75) is 53.9 Å². The minimum atomic E-state index is -1.54. The molecule has 0 N–H and O–H groups in total. The van der Waals surface area contributed by atoms with Gasteiger partial charge in [-0.1, -0.05) is 23.2 Å². The summed E-state index contributed by atoms with van der Waals surface area (Å²) in [5, 5.41) is 0.0525. The van der Waals surface area contributed by atoms with Crippen LogP contribution >= 0.6 is 34.8 Å². The maximum atomic E-state index is 13.1. The first-order valence-electron chi connectivity index (χ1n) is 9.02. The summed E-state index contributed by atoms with van der Waals surface area (Å²) in [7, 11) is 1.64. The Balaban J connectivity index is 1.95. The van der Waals surface area contributed by atoms with E-state index in [0.717, 1.165) is 36.4 Å². The van der Waals surface area contributed by atoms with Crippen molar-refractivity contribution in [2.75, 3.05) is 25.1 Å². The molecule has 2 saturated heterocycles. The van der Waals surface area contributed by atoms with Crippen LogP contribution in [0.3, 0.4) is 0 Å². The Morgan fingerprint density at radius 2 is 2.04 bits per heavy atom. The Morgan fingerprint density at radius 3 is 2.65 bits per heavy atom. The van der Waals surface area contributed by atoms with Crippen molar-refractivity contribution in [1.82, 2.24) is 4.90 Å². The van der Waals surface area contributed by atoms with Gasteiger partial charge >= 0.3 is 0 Å². The maximum Gasteiger partial charge on any atom is 0.260 e. The first-order chi connectivity index (χ1) is 12.2. The number of carbonyl (C=O) groups excluding carboxylic acids is 1. The molecule has 4 rings (SSSR count). The highest BCUT2D eigenvalue weighted by atomic mass is 35.5. The number of rotatable bonds is 2. The SMILES string of the molecule is COc1ccc2c(c1)C1(CN(C(C)C)C(=O)C1(Cl)Cl)C1CC(Cl)CCN21. The number of halogens is 3. The molecule has 3 aliphatic heterocycles. The molecule has 3 aliphatic rings. The number of ether oxygens (including phenoxy) is 1. The second-order valence-corrected chi connectivity index (χ2v) is 9.73. The second kappa shape index (κ2) is 6.08. The van der Waals surface area contributed by atoms with E-state index in [1.54, 1.807) is 12.0 Å². The standard InChI is InChI=1S/C19H23Cl3N2O2/c1-11(2)24-10-18(19(21,22)17(24)25)14-9-13(26-3)4-5-15(14)23-7-6-12(20)8-16(18)23/h4-5,9,11-12,16H,6-8,10H2,1-3H3. The van der Waals surface area contributed by atoms with Crippen LogP contribution in [0.15, 0.2) is 18.2 Å². The Morgan fingerprint density at radius 1 is 1.31 bits per heavy atom. The normalized spacial score (nSPS) is 32.3. The first kappa shape index (κ1) is 18.5. The van der Waals surface area contributed by atoms with E-state index in [1.165, 1.54) is 0 Å². The summed E-state index contributed by atoms with van der Waals surface area (Å²) in [6, 6.07) is 6.01. The highest BCUT2D eigenvalue weighted by molar-refractivity contribution is 6.60. The highest BCUT2D eigenvalue weighted by Crippen LogP contribution is 2.62. The number of nitrogens with zero attached hydrogens (tertiary/aromatic N) is 2. The molecule has 1 spiro atoms. The number of benzene rings is 1. The number of hydrogen-bond acceptors (Lipinski definition) is 3. The number of piperidine rings is 1. The molecule has 26 heavy (non-hydrogen) atoms. The second-order valence-electron chi connectivity index (χ2n) is 7.79. The van der Waals surface area contributed by atoms with Gasteiger partial charge in [0.2, 0.25) is 4.33 Å². The van der Waals surface area contributed by atoms with Crippen LogP contribution in [0.4, 0.5) is 5.69 Å². The minimum absolute atomic E-state index is 0.0106. The van der Waals surface area contributed by atoms with Gasteiger partial charge in [0.15, 0.2) is 0 Å². The molecule has 0 radical (unpaired) electrons. The van der Waals surface area contributed by atoms with Crippen LogP contribution in [0.25, 0.3) is 0 Å². The smallest absolute Gasteiger partial charge is 0.260 e. The summed E-state index contributed by atoms with van der Waals surface area (Å²) in [4.78, 5) is 17.3. The summed E-state index contributed by atoms with van der Waals surface area (Å²) in [6.45, 7) is 5.30. The third-order valence-corrected chi connectivity index (χ3v) is 7.63. The lowest BCUT2D eigenvalue weighted by atomic mass is 9.72. The molecule has 2 fully saturated rings. The van der Waals surface area contributed by atoms with Crippen molar-refractivity contribution in [3.05, 3.63) is 23.8 Å². The molecule has 1 amide bonds. The van der Waals surface area contributed by atoms with E-state index in [0.29, 0.717) is 6.54 Å². The highest BCUT2D eigenvalue weighted by Gasteiger charge is 2.71. The van der Waals surface area contributed by atoms with Crippen LogP contribution in [0.2, 0.25) is 0 Å². The van der Waals surface area contributed by atoms with E-state index in [4.69, 9.17) is 39.5 Å². The van der Waals surface area contributed by atoms with Gasteiger partial charge in [0, 0.05) is 36.2 Å². The van der Waals surface area contributed by atoms with Crippen molar-refractivity contribution in [3.63, 3.8) is 0 Å². The summed E-state index contributed by atoms with van der Waals surface area (Å²) in [5.74, 6) is 0.521. The van der Waals surface area contributed by atoms with E-state index in [2.05, 4.69) is 11.0 Å². The molecule has 3 atom stereocenters. The van der Waals surface area contributed by atoms with Gasteiger partial charge in [0.1, 0.15) is 5.75 Å². The average molecular weight is 418 g/mol. The van der Waals surface area contributed by atoms with E-state index in [-0.39, 0.29) is 23.4 Å². The van der Waals surface area contributed by atoms with E-state index in [1.807, 2.05) is 26.0 Å². The number of fused-ring (bicyclic) bond motifs is 5. The zero-order valence-corrected chi connectivity index (χ0v) is 17.4. The maximum absolute atomic E-state index is 13.1. The van der Waals surface area contributed by atoms with Gasteiger partial charge in [0.05, 0.1) is 12.5 Å². The van der Waals surface area contributed by atoms with E-state index >= 15 is 0 Å². The number of alkyl halides is 3. The molecule has 0 bridgehead atoms. The van der Waals surface area contributed by atoms with Gasteiger partial charge in [0.25, 0.3) is 5.91 Å². The molecule has 0 aromatic heterocycles. The Kier molecular flexibility index (Phi) is 4.33. The Bertz CT molecular complexity index is 754. The lowest BCUT2D eigenvalue weighted by Gasteiger charge is -2.44. The summed E-state index contributed by atoms with van der Waals surface area (Å²) in [5.41, 5.74) is 1.35. The van der Waals surface area contributed by atoms with Crippen molar-refractivity contribution >= 4 is 46.4 Å². The van der Waals surface area contributed by atoms with Crippen molar-refractivity contribution in [1.29, 1.82) is 0 Å². The third kappa shape index (κ3) is 2.25. The van der Waals surface area contributed by atoms with Gasteiger partial charge < -0.3 is 14.5 Å². The number of hydrogen-bond donors (Lipinski definition) is 0. The Labute approximate surface area is 169 Å². The third-order valence-electron chi connectivity index (χ3n) is 6.23. The number of methoxy groups -OCH3 is 1. The molecule has 0 aliphatic carbocycles. The topological polar surface area (TPSA) is 32.8 Å². The zero-order chi connectivity index (χ0) is 18.9. The van der Waals surface area contributed by atoms with Crippen LogP contribution in [0.1, 0.15) is 32.3 Å². The van der Waals surface area contributed by atoms with Crippen molar-refractivity contribution in [3.8, 4) is 5.75 Å².